The number of hydrogen-bond acceptors (Lipinski definition) is 4. The summed E-state index contributed by atoms with van der Waals surface area (Å²) in [4.78, 5) is 16.2. The molecule has 0 spiro atoms. The molecule has 0 aliphatic heterocycles. The molecule has 0 atom stereocenters. The number of rotatable bonds is 4. The van der Waals surface area contributed by atoms with Crippen molar-refractivity contribution in [3.8, 4) is 11.5 Å². The molecular weight excluding hydrogens is 322 g/mol. The molecule has 1 amide bonds. The maximum atomic E-state index is 13.1. The number of halogens is 2. The Kier molecular flexibility index (Phi) is 4.20. The Morgan fingerprint density at radius 3 is 2.78 bits per heavy atom. The molecule has 7 heteroatoms. The molecule has 2 heterocycles. The maximum Gasteiger partial charge on any atom is 0.251 e. The fourth-order valence-corrected chi connectivity index (χ4v) is 2.60. The summed E-state index contributed by atoms with van der Waals surface area (Å²) in [6.45, 7) is 2.04. The van der Waals surface area contributed by atoms with Gasteiger partial charge in [0.25, 0.3) is 5.91 Å². The second-order valence-electron chi connectivity index (χ2n) is 4.83. The number of nitrogens with zero attached hydrogens (tertiary/aromatic N) is 1. The summed E-state index contributed by atoms with van der Waals surface area (Å²) in [6.07, 6.45) is 0. The van der Waals surface area contributed by atoms with E-state index in [2.05, 4.69) is 10.3 Å². The van der Waals surface area contributed by atoms with Gasteiger partial charge in [0.05, 0.1) is 11.6 Å². The lowest BCUT2D eigenvalue weighted by atomic mass is 10.2. The smallest absolute Gasteiger partial charge is 0.251 e. The summed E-state index contributed by atoms with van der Waals surface area (Å²) in [7, 11) is 0. The van der Waals surface area contributed by atoms with Gasteiger partial charge >= 0.3 is 0 Å². The molecule has 0 bridgehead atoms. The van der Waals surface area contributed by atoms with Crippen LogP contribution < -0.4 is 5.32 Å². The van der Waals surface area contributed by atoms with Crippen LogP contribution in [0.5, 0.6) is 0 Å². The highest BCUT2D eigenvalue weighted by Crippen LogP contribution is 2.23. The molecule has 0 radical (unpaired) electrons. The van der Waals surface area contributed by atoms with Gasteiger partial charge in [-0.2, -0.15) is 0 Å². The predicted octanol–water partition coefficient (Wildman–Crippen LogP) is 3.92. The highest BCUT2D eigenvalue weighted by Gasteiger charge is 2.11. The Hall–Kier alpha value is -2.54. The standard InChI is InChI=1S/C16H12F2N2O2S/c1-9-20-14(8-23-9)15-5-3-11(22-15)7-19-16(21)10-2-4-12(17)13(18)6-10/h2-6,8H,7H2,1H3,(H,19,21). The normalized spacial score (nSPS) is 10.7. The Bertz CT molecular complexity index is 857. The van der Waals surface area contributed by atoms with E-state index in [-0.39, 0.29) is 12.1 Å². The third-order valence-electron chi connectivity index (χ3n) is 3.14. The van der Waals surface area contributed by atoms with Gasteiger partial charge in [0.2, 0.25) is 0 Å². The van der Waals surface area contributed by atoms with E-state index in [4.69, 9.17) is 4.42 Å². The second kappa shape index (κ2) is 6.29. The van der Waals surface area contributed by atoms with Crippen LogP contribution in [0.15, 0.2) is 40.1 Å². The molecule has 3 aromatic rings. The lowest BCUT2D eigenvalue weighted by Gasteiger charge is -2.04. The molecule has 23 heavy (non-hydrogen) atoms. The summed E-state index contributed by atoms with van der Waals surface area (Å²) in [5.41, 5.74) is 0.788. The van der Waals surface area contributed by atoms with Gasteiger partial charge in [0.15, 0.2) is 17.4 Å². The van der Waals surface area contributed by atoms with Crippen LogP contribution in [0.2, 0.25) is 0 Å². The minimum Gasteiger partial charge on any atom is -0.458 e. The monoisotopic (exact) mass is 334 g/mol. The Labute approximate surface area is 134 Å². The van der Waals surface area contributed by atoms with Crippen molar-refractivity contribution in [3.05, 3.63) is 63.7 Å². The third-order valence-corrected chi connectivity index (χ3v) is 3.91. The van der Waals surface area contributed by atoms with E-state index in [1.807, 2.05) is 12.3 Å². The van der Waals surface area contributed by atoms with Crippen LogP contribution in [0, 0.1) is 18.6 Å². The molecule has 0 aliphatic rings. The van der Waals surface area contributed by atoms with E-state index < -0.39 is 17.5 Å². The first-order chi connectivity index (χ1) is 11.0. The van der Waals surface area contributed by atoms with E-state index in [0.717, 1.165) is 22.8 Å². The largest absolute Gasteiger partial charge is 0.458 e. The van der Waals surface area contributed by atoms with Crippen LogP contribution in [0.3, 0.4) is 0 Å². The second-order valence-corrected chi connectivity index (χ2v) is 5.89. The van der Waals surface area contributed by atoms with Crippen LogP contribution in [-0.4, -0.2) is 10.9 Å². The van der Waals surface area contributed by atoms with Gasteiger partial charge in [-0.15, -0.1) is 11.3 Å². The molecule has 118 valence electrons. The molecule has 1 aromatic carbocycles. The SMILES string of the molecule is Cc1nc(-c2ccc(CNC(=O)c3ccc(F)c(F)c3)o2)cs1. The van der Waals surface area contributed by atoms with Crippen LogP contribution in [-0.2, 0) is 6.54 Å². The van der Waals surface area contributed by atoms with E-state index in [1.54, 1.807) is 12.1 Å². The Morgan fingerprint density at radius 2 is 2.09 bits per heavy atom. The zero-order chi connectivity index (χ0) is 16.4. The number of hydrogen-bond donors (Lipinski definition) is 1. The average molecular weight is 334 g/mol. The minimum atomic E-state index is -1.06. The maximum absolute atomic E-state index is 13.1. The first-order valence-corrected chi connectivity index (χ1v) is 7.65. The number of furan rings is 1. The van der Waals surface area contributed by atoms with E-state index in [0.29, 0.717) is 11.5 Å². The quantitative estimate of drug-likeness (QED) is 0.787. The van der Waals surface area contributed by atoms with Crippen molar-refractivity contribution in [1.29, 1.82) is 0 Å². The van der Waals surface area contributed by atoms with Crippen molar-refractivity contribution in [2.24, 2.45) is 0 Å². The van der Waals surface area contributed by atoms with E-state index in [1.165, 1.54) is 17.4 Å². The number of benzene rings is 1. The highest BCUT2D eigenvalue weighted by molar-refractivity contribution is 7.09. The number of amides is 1. The van der Waals surface area contributed by atoms with Crippen molar-refractivity contribution < 1.29 is 18.0 Å². The molecule has 0 saturated heterocycles. The van der Waals surface area contributed by atoms with Crippen molar-refractivity contribution in [3.63, 3.8) is 0 Å². The molecule has 0 unspecified atom stereocenters. The molecule has 4 nitrogen and oxygen atoms in total. The Morgan fingerprint density at radius 1 is 1.26 bits per heavy atom. The van der Waals surface area contributed by atoms with Crippen LogP contribution in [0.4, 0.5) is 8.78 Å². The van der Waals surface area contributed by atoms with E-state index in [9.17, 15) is 13.6 Å². The molecule has 2 aromatic heterocycles. The van der Waals surface area contributed by atoms with Gasteiger partial charge in [0, 0.05) is 10.9 Å². The zero-order valence-electron chi connectivity index (χ0n) is 12.1. The zero-order valence-corrected chi connectivity index (χ0v) is 12.9. The summed E-state index contributed by atoms with van der Waals surface area (Å²) in [5, 5.41) is 5.41. The summed E-state index contributed by atoms with van der Waals surface area (Å²) in [5.74, 6) is -1.40. The van der Waals surface area contributed by atoms with Gasteiger partial charge in [-0.1, -0.05) is 0 Å². The first-order valence-electron chi connectivity index (χ1n) is 6.77. The van der Waals surface area contributed by atoms with Crippen molar-refractivity contribution in [1.82, 2.24) is 10.3 Å². The Balaban J connectivity index is 1.65. The first kappa shape index (κ1) is 15.4. The molecule has 3 rings (SSSR count). The summed E-state index contributed by atoms with van der Waals surface area (Å²) in [6, 6.07) is 6.50. The third kappa shape index (κ3) is 3.45. The molecular formula is C16H12F2N2O2S. The summed E-state index contributed by atoms with van der Waals surface area (Å²) < 4.78 is 31.6. The van der Waals surface area contributed by atoms with Gasteiger partial charge in [-0.3, -0.25) is 4.79 Å². The fraction of sp³-hybridized carbons (Fsp3) is 0.125. The van der Waals surface area contributed by atoms with Crippen LogP contribution >= 0.6 is 11.3 Å². The van der Waals surface area contributed by atoms with Crippen molar-refractivity contribution in [2.75, 3.05) is 0 Å². The lowest BCUT2D eigenvalue weighted by Crippen LogP contribution is -2.22. The topological polar surface area (TPSA) is 55.1 Å². The predicted molar refractivity (Wildman–Crippen MR) is 82.1 cm³/mol. The number of nitrogens with one attached hydrogen (secondary N) is 1. The number of thiazole rings is 1. The van der Waals surface area contributed by atoms with Crippen molar-refractivity contribution >= 4 is 17.2 Å². The van der Waals surface area contributed by atoms with Gasteiger partial charge < -0.3 is 9.73 Å². The van der Waals surface area contributed by atoms with Gasteiger partial charge in [-0.05, 0) is 37.3 Å². The van der Waals surface area contributed by atoms with E-state index >= 15 is 0 Å². The average Bonchev–Trinajstić information content (AvgIpc) is 3.16. The molecule has 0 aliphatic carbocycles. The van der Waals surface area contributed by atoms with Gasteiger partial charge in [-0.25, -0.2) is 13.8 Å². The number of aromatic nitrogens is 1. The number of aryl methyl sites for hydroxylation is 1. The number of carbonyl (C=O) groups excluding carboxylic acids is 1. The van der Waals surface area contributed by atoms with Crippen molar-refractivity contribution in [2.45, 2.75) is 13.5 Å². The van der Waals surface area contributed by atoms with Crippen LogP contribution in [0.25, 0.3) is 11.5 Å². The molecule has 0 saturated carbocycles. The molecule has 1 N–H and O–H groups in total. The summed E-state index contributed by atoms with van der Waals surface area (Å²) >= 11 is 1.52. The number of carbonyl (C=O) groups is 1. The molecule has 0 fully saturated rings. The lowest BCUT2D eigenvalue weighted by molar-refractivity contribution is 0.0947. The van der Waals surface area contributed by atoms with Crippen LogP contribution in [0.1, 0.15) is 21.1 Å². The minimum absolute atomic E-state index is 0.0470. The fourth-order valence-electron chi connectivity index (χ4n) is 1.99. The highest BCUT2D eigenvalue weighted by atomic mass is 32.1. The van der Waals surface area contributed by atoms with Gasteiger partial charge in [0.1, 0.15) is 11.5 Å².